The highest BCUT2D eigenvalue weighted by Crippen LogP contribution is 2.39. The number of non-ortho nitro benzene ring substituents is 2. The van der Waals surface area contributed by atoms with E-state index in [0.29, 0.717) is 12.0 Å². The van der Waals surface area contributed by atoms with Gasteiger partial charge in [0, 0.05) is 29.8 Å². The zero-order chi connectivity index (χ0) is 24.6. The zero-order valence-electron chi connectivity index (χ0n) is 18.1. The van der Waals surface area contributed by atoms with E-state index < -0.39 is 39.4 Å². The van der Waals surface area contributed by atoms with Gasteiger partial charge in [-0.15, -0.1) is 0 Å². The quantitative estimate of drug-likeness (QED) is 0.276. The Morgan fingerprint density at radius 2 is 1.71 bits per heavy atom. The van der Waals surface area contributed by atoms with E-state index >= 15 is 0 Å². The van der Waals surface area contributed by atoms with Gasteiger partial charge in [0.1, 0.15) is 0 Å². The van der Waals surface area contributed by atoms with Crippen molar-refractivity contribution in [2.45, 2.75) is 19.9 Å². The standard InChI is InChI=1S/C23H20N4O7/c1-14-4-2-7-19-20(14)23(30)25(22(19)29)24(13-15-8-10-17(11-9-15)26(31)32)21(28)16-5-3-6-18(12-16)27(33)34/h2-6,8-12,14,19-20H,7,13H2,1H3/t14-,19+,20-/m1/s1. The van der Waals surface area contributed by atoms with Gasteiger partial charge in [0.15, 0.2) is 0 Å². The topological polar surface area (TPSA) is 144 Å². The molecule has 1 aliphatic heterocycles. The number of carbonyl (C=O) groups is 3. The Labute approximate surface area is 193 Å². The second-order valence-corrected chi connectivity index (χ2v) is 8.24. The molecule has 0 N–H and O–H groups in total. The summed E-state index contributed by atoms with van der Waals surface area (Å²) in [4.78, 5) is 61.0. The molecule has 1 fully saturated rings. The third-order valence-corrected chi connectivity index (χ3v) is 6.11. The lowest BCUT2D eigenvalue weighted by Gasteiger charge is -2.30. The first-order valence-corrected chi connectivity index (χ1v) is 10.5. The molecule has 2 aromatic rings. The van der Waals surface area contributed by atoms with Crippen LogP contribution in [-0.4, -0.2) is 37.6 Å². The van der Waals surface area contributed by atoms with E-state index in [1.54, 1.807) is 0 Å². The highest BCUT2D eigenvalue weighted by molar-refractivity contribution is 6.08. The fourth-order valence-electron chi connectivity index (χ4n) is 4.40. The Morgan fingerprint density at radius 1 is 1.03 bits per heavy atom. The van der Waals surface area contributed by atoms with Gasteiger partial charge in [-0.1, -0.05) is 37.3 Å². The Hall–Kier alpha value is -4.41. The Balaban J connectivity index is 1.73. The van der Waals surface area contributed by atoms with Crippen LogP contribution in [0.2, 0.25) is 0 Å². The number of hydrogen-bond acceptors (Lipinski definition) is 7. The van der Waals surface area contributed by atoms with E-state index in [0.717, 1.165) is 16.1 Å². The van der Waals surface area contributed by atoms with Crippen molar-refractivity contribution in [2.75, 3.05) is 0 Å². The lowest BCUT2D eigenvalue weighted by molar-refractivity contribution is -0.385. The van der Waals surface area contributed by atoms with Crippen LogP contribution < -0.4 is 0 Å². The van der Waals surface area contributed by atoms with Gasteiger partial charge in [0.25, 0.3) is 29.1 Å². The monoisotopic (exact) mass is 464 g/mol. The first-order valence-electron chi connectivity index (χ1n) is 10.5. The van der Waals surface area contributed by atoms with Gasteiger partial charge in [-0.3, -0.25) is 34.6 Å². The second-order valence-electron chi connectivity index (χ2n) is 8.24. The molecule has 1 saturated heterocycles. The number of carbonyl (C=O) groups excluding carboxylic acids is 3. The molecule has 0 radical (unpaired) electrons. The number of amides is 3. The van der Waals surface area contributed by atoms with Crippen LogP contribution in [0.3, 0.4) is 0 Å². The summed E-state index contributed by atoms with van der Waals surface area (Å²) in [5.74, 6) is -3.24. The van der Waals surface area contributed by atoms with Crippen LogP contribution in [0.15, 0.2) is 60.7 Å². The predicted octanol–water partition coefficient (Wildman–Crippen LogP) is 3.26. The summed E-state index contributed by atoms with van der Waals surface area (Å²) >= 11 is 0. The van der Waals surface area contributed by atoms with Crippen molar-refractivity contribution in [3.05, 3.63) is 92.0 Å². The number of nitro groups is 2. The summed E-state index contributed by atoms with van der Waals surface area (Å²) < 4.78 is 0. The van der Waals surface area contributed by atoms with Crippen molar-refractivity contribution in [3.8, 4) is 0 Å². The molecule has 34 heavy (non-hydrogen) atoms. The number of nitrogens with zero attached hydrogens (tertiary/aromatic N) is 4. The second kappa shape index (κ2) is 8.85. The van der Waals surface area contributed by atoms with Crippen LogP contribution in [0.25, 0.3) is 0 Å². The van der Waals surface area contributed by atoms with Crippen LogP contribution in [0.1, 0.15) is 29.3 Å². The Morgan fingerprint density at radius 3 is 2.32 bits per heavy atom. The van der Waals surface area contributed by atoms with E-state index in [1.165, 1.54) is 42.5 Å². The summed E-state index contributed by atoms with van der Waals surface area (Å²) in [6.45, 7) is 1.59. The number of rotatable bonds is 6. The maximum absolute atomic E-state index is 13.5. The molecule has 1 heterocycles. The fourth-order valence-corrected chi connectivity index (χ4v) is 4.40. The van der Waals surface area contributed by atoms with Crippen LogP contribution >= 0.6 is 0 Å². The maximum Gasteiger partial charge on any atom is 0.273 e. The largest absolute Gasteiger partial charge is 0.273 e. The molecule has 4 rings (SSSR count). The first kappa shape index (κ1) is 22.8. The molecule has 174 valence electrons. The molecule has 11 heteroatoms. The zero-order valence-corrected chi connectivity index (χ0v) is 18.1. The Bertz CT molecular complexity index is 1220. The molecule has 0 spiro atoms. The minimum absolute atomic E-state index is 0.0715. The smallest absolute Gasteiger partial charge is 0.272 e. The number of hydrogen-bond donors (Lipinski definition) is 0. The summed E-state index contributed by atoms with van der Waals surface area (Å²) in [6, 6.07) is 10.4. The van der Waals surface area contributed by atoms with Crippen LogP contribution in [0, 0.1) is 38.0 Å². The van der Waals surface area contributed by atoms with Crippen molar-refractivity contribution in [1.29, 1.82) is 0 Å². The SMILES string of the molecule is C[C@@H]1C=CC[C@@H]2C(=O)N(N(Cc3ccc([N+](=O)[O-])cc3)C(=O)c3cccc([N+](=O)[O-])c3)C(=O)[C@H]12. The van der Waals surface area contributed by atoms with Crippen molar-refractivity contribution in [3.63, 3.8) is 0 Å². The number of hydrazine groups is 1. The Kier molecular flexibility index (Phi) is 5.93. The van der Waals surface area contributed by atoms with Crippen molar-refractivity contribution in [2.24, 2.45) is 17.8 Å². The van der Waals surface area contributed by atoms with Crippen LogP contribution in [0.5, 0.6) is 0 Å². The number of benzene rings is 2. The number of fused-ring (bicyclic) bond motifs is 1. The molecule has 0 saturated carbocycles. The van der Waals surface area contributed by atoms with Crippen LogP contribution in [-0.2, 0) is 16.1 Å². The molecule has 0 aromatic heterocycles. The van der Waals surface area contributed by atoms with E-state index in [9.17, 15) is 34.6 Å². The summed E-state index contributed by atoms with van der Waals surface area (Å²) in [6.07, 6.45) is 4.06. The van der Waals surface area contributed by atoms with Gasteiger partial charge in [0.05, 0.1) is 28.2 Å². The molecule has 11 nitrogen and oxygen atoms in total. The van der Waals surface area contributed by atoms with Crippen LogP contribution in [0.4, 0.5) is 11.4 Å². The summed E-state index contributed by atoms with van der Waals surface area (Å²) in [5.41, 5.74) is -0.102. The molecule has 2 aliphatic rings. The average molecular weight is 464 g/mol. The van der Waals surface area contributed by atoms with Gasteiger partial charge < -0.3 is 0 Å². The van der Waals surface area contributed by atoms with E-state index in [2.05, 4.69) is 0 Å². The van der Waals surface area contributed by atoms with Crippen molar-refractivity contribution in [1.82, 2.24) is 10.0 Å². The highest BCUT2D eigenvalue weighted by Gasteiger charge is 2.53. The molecule has 2 aromatic carbocycles. The molecule has 3 atom stereocenters. The number of imide groups is 1. The van der Waals surface area contributed by atoms with Gasteiger partial charge in [-0.25, -0.2) is 5.01 Å². The molecular weight excluding hydrogens is 444 g/mol. The predicted molar refractivity (Wildman–Crippen MR) is 118 cm³/mol. The van der Waals surface area contributed by atoms with E-state index in [4.69, 9.17) is 0 Å². The van der Waals surface area contributed by atoms with Crippen molar-refractivity contribution < 1.29 is 24.2 Å². The highest BCUT2D eigenvalue weighted by atomic mass is 16.6. The number of nitro benzene ring substituents is 2. The molecule has 0 unspecified atom stereocenters. The molecule has 3 amide bonds. The summed E-state index contributed by atoms with van der Waals surface area (Å²) in [5, 5.41) is 24.0. The fraction of sp³-hybridized carbons (Fsp3) is 0.261. The molecule has 1 aliphatic carbocycles. The van der Waals surface area contributed by atoms with Gasteiger partial charge >= 0.3 is 0 Å². The first-order chi connectivity index (χ1) is 16.2. The summed E-state index contributed by atoms with van der Waals surface area (Å²) in [7, 11) is 0. The third kappa shape index (κ3) is 4.03. The van der Waals surface area contributed by atoms with E-state index in [-0.39, 0.29) is 29.4 Å². The van der Waals surface area contributed by atoms with E-state index in [1.807, 2.05) is 19.1 Å². The van der Waals surface area contributed by atoms with Gasteiger partial charge in [-0.2, -0.15) is 5.01 Å². The molecule has 0 bridgehead atoms. The lowest BCUT2D eigenvalue weighted by Crippen LogP contribution is -2.50. The normalized spacial score (nSPS) is 21.3. The number of allylic oxidation sites excluding steroid dienone is 2. The van der Waals surface area contributed by atoms with Gasteiger partial charge in [0.2, 0.25) is 0 Å². The maximum atomic E-state index is 13.5. The lowest BCUT2D eigenvalue weighted by atomic mass is 9.78. The van der Waals surface area contributed by atoms with Crippen molar-refractivity contribution >= 4 is 29.1 Å². The third-order valence-electron chi connectivity index (χ3n) is 6.11. The minimum atomic E-state index is -0.775. The van der Waals surface area contributed by atoms with Gasteiger partial charge in [-0.05, 0) is 24.0 Å². The minimum Gasteiger partial charge on any atom is -0.272 e. The molecular formula is C23H20N4O7. The average Bonchev–Trinajstić information content (AvgIpc) is 3.08.